The van der Waals surface area contributed by atoms with E-state index in [9.17, 15) is 4.39 Å². The molecule has 2 aromatic rings. The van der Waals surface area contributed by atoms with Gasteiger partial charge < -0.3 is 10.1 Å². The van der Waals surface area contributed by atoms with Crippen molar-refractivity contribution in [1.82, 2.24) is 0 Å². The van der Waals surface area contributed by atoms with Crippen molar-refractivity contribution in [2.45, 2.75) is 6.54 Å². The number of nitrogens with one attached hydrogen (secondary N) is 1. The molecule has 2 nitrogen and oxygen atoms in total. The lowest BCUT2D eigenvalue weighted by atomic mass is 10.2. The van der Waals surface area contributed by atoms with Crippen LogP contribution in [0.4, 0.5) is 10.1 Å². The minimum atomic E-state index is -0.369. The van der Waals surface area contributed by atoms with E-state index in [1.165, 1.54) is 12.1 Å². The first-order valence-electron chi connectivity index (χ1n) is 6.14. The molecule has 0 bridgehead atoms. The fourth-order valence-electron chi connectivity index (χ4n) is 1.77. The van der Waals surface area contributed by atoms with Crippen molar-refractivity contribution in [3.05, 3.63) is 57.3 Å². The molecule has 0 radical (unpaired) electrons. The zero-order valence-corrected chi connectivity index (χ0v) is 13.3. The van der Waals surface area contributed by atoms with Crippen molar-refractivity contribution in [3.8, 4) is 18.1 Å². The first-order chi connectivity index (χ1) is 10.1. The van der Waals surface area contributed by atoms with E-state index in [4.69, 9.17) is 22.8 Å². The van der Waals surface area contributed by atoms with E-state index in [0.29, 0.717) is 23.0 Å². The van der Waals surface area contributed by atoms with E-state index in [2.05, 4.69) is 27.2 Å². The molecule has 21 heavy (non-hydrogen) atoms. The highest BCUT2D eigenvalue weighted by Gasteiger charge is 2.07. The fourth-order valence-corrected chi connectivity index (χ4v) is 2.41. The molecule has 0 atom stereocenters. The fraction of sp³-hybridized carbons (Fsp3) is 0.125. The van der Waals surface area contributed by atoms with Gasteiger partial charge in [0.05, 0.1) is 10.7 Å². The lowest BCUT2D eigenvalue weighted by Gasteiger charge is -2.13. The largest absolute Gasteiger partial charge is 0.481 e. The molecule has 0 spiro atoms. The van der Waals surface area contributed by atoms with Gasteiger partial charge in [-0.05, 0) is 36.4 Å². The van der Waals surface area contributed by atoms with Crippen LogP contribution in [0.1, 0.15) is 5.56 Å². The number of terminal acetylenes is 1. The minimum Gasteiger partial charge on any atom is -0.481 e. The number of rotatable bonds is 5. The zero-order valence-electron chi connectivity index (χ0n) is 11.0. The molecule has 0 saturated heterocycles. The molecule has 0 aliphatic rings. The van der Waals surface area contributed by atoms with E-state index in [1.54, 1.807) is 6.07 Å². The van der Waals surface area contributed by atoms with Crippen LogP contribution in [0.5, 0.6) is 5.75 Å². The van der Waals surface area contributed by atoms with Crippen molar-refractivity contribution in [2.24, 2.45) is 0 Å². The summed E-state index contributed by atoms with van der Waals surface area (Å²) in [5.74, 6) is 2.76. The molecule has 0 unspecified atom stereocenters. The topological polar surface area (TPSA) is 21.3 Å². The Morgan fingerprint density at radius 2 is 2.10 bits per heavy atom. The quantitative estimate of drug-likeness (QED) is 0.761. The van der Waals surface area contributed by atoms with Crippen molar-refractivity contribution < 1.29 is 9.13 Å². The van der Waals surface area contributed by atoms with Crippen LogP contribution >= 0.6 is 27.5 Å². The molecule has 0 fully saturated rings. The number of hydrogen-bond donors (Lipinski definition) is 1. The van der Waals surface area contributed by atoms with Gasteiger partial charge in [-0.2, -0.15) is 0 Å². The molecular weight excluding hydrogens is 357 g/mol. The number of ether oxygens (including phenoxy) is 1. The summed E-state index contributed by atoms with van der Waals surface area (Å²) < 4.78 is 19.4. The van der Waals surface area contributed by atoms with Crippen LogP contribution in [-0.2, 0) is 6.54 Å². The van der Waals surface area contributed by atoms with Crippen molar-refractivity contribution in [2.75, 3.05) is 11.9 Å². The molecule has 2 rings (SSSR count). The normalized spacial score (nSPS) is 10.0. The Kier molecular flexibility index (Phi) is 5.49. The van der Waals surface area contributed by atoms with E-state index in [0.717, 1.165) is 10.0 Å². The standard InChI is InChI=1S/C16H12BrClFNO/c1-2-7-21-16-6-3-12(17)8-11(16)10-20-15-5-4-13(19)9-14(15)18/h1,3-6,8-9,20H,7,10H2. The number of hydrogen-bond acceptors (Lipinski definition) is 2. The third-order valence-corrected chi connectivity index (χ3v) is 3.54. The summed E-state index contributed by atoms with van der Waals surface area (Å²) in [6, 6.07) is 9.85. The highest BCUT2D eigenvalue weighted by molar-refractivity contribution is 9.10. The highest BCUT2D eigenvalue weighted by atomic mass is 79.9. The highest BCUT2D eigenvalue weighted by Crippen LogP contribution is 2.27. The van der Waals surface area contributed by atoms with Gasteiger partial charge in [0, 0.05) is 16.6 Å². The van der Waals surface area contributed by atoms with Crippen molar-refractivity contribution in [1.29, 1.82) is 0 Å². The zero-order chi connectivity index (χ0) is 15.2. The summed E-state index contributed by atoms with van der Waals surface area (Å²) in [6.07, 6.45) is 5.20. The van der Waals surface area contributed by atoms with E-state index >= 15 is 0 Å². The third-order valence-electron chi connectivity index (χ3n) is 2.73. The maximum atomic E-state index is 13.0. The lowest BCUT2D eigenvalue weighted by Crippen LogP contribution is -2.04. The third kappa shape index (κ3) is 4.38. The van der Waals surface area contributed by atoms with Crippen LogP contribution < -0.4 is 10.1 Å². The maximum absolute atomic E-state index is 13.0. The Bertz CT molecular complexity index is 684. The van der Waals surface area contributed by atoms with Crippen LogP contribution in [0.15, 0.2) is 40.9 Å². The van der Waals surface area contributed by atoms with E-state index in [1.807, 2.05) is 18.2 Å². The molecule has 0 aliphatic heterocycles. The first-order valence-corrected chi connectivity index (χ1v) is 7.31. The minimum absolute atomic E-state index is 0.200. The summed E-state index contributed by atoms with van der Waals surface area (Å²) in [5.41, 5.74) is 1.57. The second-order valence-electron chi connectivity index (χ2n) is 4.22. The van der Waals surface area contributed by atoms with Gasteiger partial charge in [-0.15, -0.1) is 6.42 Å². The summed E-state index contributed by atoms with van der Waals surface area (Å²) in [6.45, 7) is 0.677. The molecule has 0 amide bonds. The van der Waals surface area contributed by atoms with Crippen LogP contribution in [-0.4, -0.2) is 6.61 Å². The van der Waals surface area contributed by atoms with Crippen LogP contribution in [0, 0.1) is 18.2 Å². The van der Waals surface area contributed by atoms with Gasteiger partial charge in [0.1, 0.15) is 18.2 Å². The summed E-state index contributed by atoms with van der Waals surface area (Å²) in [7, 11) is 0. The monoisotopic (exact) mass is 367 g/mol. The van der Waals surface area contributed by atoms with E-state index in [-0.39, 0.29) is 12.4 Å². The van der Waals surface area contributed by atoms with Crippen molar-refractivity contribution >= 4 is 33.2 Å². The Labute approximate surface area is 136 Å². The van der Waals surface area contributed by atoms with Crippen LogP contribution in [0.3, 0.4) is 0 Å². The van der Waals surface area contributed by atoms with Gasteiger partial charge in [0.2, 0.25) is 0 Å². The summed E-state index contributed by atoms with van der Waals surface area (Å²) in [5, 5.41) is 3.48. The molecular formula is C16H12BrClFNO. The van der Waals surface area contributed by atoms with Crippen LogP contribution in [0.25, 0.3) is 0 Å². The molecule has 108 valence electrons. The molecule has 0 saturated carbocycles. The van der Waals surface area contributed by atoms with Gasteiger partial charge >= 0.3 is 0 Å². The van der Waals surface area contributed by atoms with E-state index < -0.39 is 0 Å². The lowest BCUT2D eigenvalue weighted by molar-refractivity contribution is 0.366. The smallest absolute Gasteiger partial charge is 0.148 e. The van der Waals surface area contributed by atoms with Crippen molar-refractivity contribution in [3.63, 3.8) is 0 Å². The predicted octanol–water partition coefficient (Wildman–Crippen LogP) is 4.87. The Hall–Kier alpha value is -1.70. The van der Waals surface area contributed by atoms with Crippen LogP contribution in [0.2, 0.25) is 5.02 Å². The SMILES string of the molecule is C#CCOc1ccc(Br)cc1CNc1ccc(F)cc1Cl. The first kappa shape index (κ1) is 15.7. The Balaban J connectivity index is 2.15. The molecule has 1 N–H and O–H groups in total. The predicted molar refractivity (Wildman–Crippen MR) is 87.2 cm³/mol. The maximum Gasteiger partial charge on any atom is 0.148 e. The average molecular weight is 369 g/mol. The number of benzene rings is 2. The molecule has 0 heterocycles. The second-order valence-corrected chi connectivity index (χ2v) is 5.55. The van der Waals surface area contributed by atoms with Gasteiger partial charge in [0.15, 0.2) is 0 Å². The van der Waals surface area contributed by atoms with Gasteiger partial charge in [-0.25, -0.2) is 4.39 Å². The molecule has 5 heteroatoms. The molecule has 2 aromatic carbocycles. The molecule has 0 aromatic heterocycles. The van der Waals surface area contributed by atoms with Gasteiger partial charge in [-0.3, -0.25) is 0 Å². The Morgan fingerprint density at radius 1 is 1.29 bits per heavy atom. The van der Waals surface area contributed by atoms with Gasteiger partial charge in [-0.1, -0.05) is 33.5 Å². The van der Waals surface area contributed by atoms with Gasteiger partial charge in [0.25, 0.3) is 0 Å². The summed E-state index contributed by atoms with van der Waals surface area (Å²) >= 11 is 9.40. The second kappa shape index (κ2) is 7.35. The average Bonchev–Trinajstić information content (AvgIpc) is 2.45. The number of anilines is 1. The molecule has 0 aliphatic carbocycles. The summed E-state index contributed by atoms with van der Waals surface area (Å²) in [4.78, 5) is 0. The Morgan fingerprint density at radius 3 is 2.81 bits per heavy atom. The number of halogens is 3.